The van der Waals surface area contributed by atoms with E-state index in [4.69, 9.17) is 4.74 Å². The maximum Gasteiger partial charge on any atom is 0.246 e. The Hall–Kier alpha value is -2.83. The summed E-state index contributed by atoms with van der Waals surface area (Å²) in [5.41, 5.74) is 2.46. The SMILES string of the molecule is Cc1cccc(/C=C/C(=O)N(C)C2CCC3Oc4c(O)ccc5c4[C@@]34CCN(C)[C@H](C5)[C@]24O)c1. The smallest absolute Gasteiger partial charge is 0.246 e. The molecule has 2 aromatic carbocycles. The Bertz CT molecular complexity index is 1210. The zero-order chi connectivity index (χ0) is 23.8. The molecule has 1 amide bonds. The molecule has 6 nitrogen and oxygen atoms in total. The summed E-state index contributed by atoms with van der Waals surface area (Å²) in [6.07, 6.45) is 6.05. The Kier molecular flexibility index (Phi) is 4.68. The quantitative estimate of drug-likeness (QED) is 0.689. The lowest BCUT2D eigenvalue weighted by molar-refractivity contribution is -0.213. The van der Waals surface area contributed by atoms with Crippen molar-refractivity contribution in [2.24, 2.45) is 0 Å². The number of carbonyl (C=O) groups is 1. The lowest BCUT2D eigenvalue weighted by atomic mass is 9.47. The van der Waals surface area contributed by atoms with E-state index in [0.29, 0.717) is 18.6 Å². The number of benzene rings is 2. The van der Waals surface area contributed by atoms with Crippen LogP contribution in [0.2, 0.25) is 0 Å². The Morgan fingerprint density at radius 3 is 2.88 bits per heavy atom. The first-order valence-corrected chi connectivity index (χ1v) is 12.2. The van der Waals surface area contributed by atoms with Crippen molar-refractivity contribution in [1.82, 2.24) is 9.80 Å². The van der Waals surface area contributed by atoms with E-state index >= 15 is 0 Å². The van der Waals surface area contributed by atoms with Gasteiger partial charge < -0.3 is 24.7 Å². The van der Waals surface area contributed by atoms with Crippen LogP contribution >= 0.6 is 0 Å². The molecule has 6 heteroatoms. The van der Waals surface area contributed by atoms with Gasteiger partial charge in [0.2, 0.25) is 5.91 Å². The second-order valence-electron chi connectivity index (χ2n) is 10.6. The van der Waals surface area contributed by atoms with E-state index in [2.05, 4.69) is 11.9 Å². The van der Waals surface area contributed by atoms with Crippen LogP contribution in [0.5, 0.6) is 11.5 Å². The van der Waals surface area contributed by atoms with Crippen molar-refractivity contribution in [3.63, 3.8) is 0 Å². The molecule has 34 heavy (non-hydrogen) atoms. The fourth-order valence-electron chi connectivity index (χ4n) is 7.46. The van der Waals surface area contributed by atoms with Crippen molar-refractivity contribution in [3.05, 3.63) is 64.7 Å². The number of phenolic OH excluding ortho intramolecular Hbond substituents is 1. The van der Waals surface area contributed by atoms with Gasteiger partial charge in [0.05, 0.1) is 11.5 Å². The summed E-state index contributed by atoms with van der Waals surface area (Å²) >= 11 is 0. The average Bonchev–Trinajstić information content (AvgIpc) is 3.16. The molecule has 1 saturated carbocycles. The Balaban J connectivity index is 1.41. The van der Waals surface area contributed by atoms with Gasteiger partial charge in [0.15, 0.2) is 11.5 Å². The molecular formula is C28H32N2O4. The second-order valence-corrected chi connectivity index (χ2v) is 10.6. The fourth-order valence-corrected chi connectivity index (χ4v) is 7.46. The number of amides is 1. The highest BCUT2D eigenvalue weighted by Crippen LogP contribution is 2.65. The molecule has 5 atom stereocenters. The number of likely N-dealkylation sites (N-methyl/N-ethyl adjacent to an activating group) is 2. The molecule has 2 bridgehead atoms. The van der Waals surface area contributed by atoms with Gasteiger partial charge in [0.1, 0.15) is 11.7 Å². The number of likely N-dealkylation sites (tertiary alicyclic amines) is 1. The van der Waals surface area contributed by atoms with Gasteiger partial charge in [-0.15, -0.1) is 0 Å². The van der Waals surface area contributed by atoms with E-state index in [9.17, 15) is 15.0 Å². The number of carbonyl (C=O) groups excluding carboxylic acids is 1. The lowest BCUT2D eigenvalue weighted by Gasteiger charge is -2.66. The van der Waals surface area contributed by atoms with E-state index in [1.807, 2.05) is 50.4 Å². The number of nitrogens with zero attached hydrogens (tertiary/aromatic N) is 2. The molecule has 4 aliphatic rings. The summed E-state index contributed by atoms with van der Waals surface area (Å²) in [7, 11) is 3.88. The maximum absolute atomic E-state index is 13.4. The van der Waals surface area contributed by atoms with Crippen LogP contribution < -0.4 is 4.74 Å². The van der Waals surface area contributed by atoms with Crippen molar-refractivity contribution >= 4 is 12.0 Å². The number of hydrogen-bond acceptors (Lipinski definition) is 5. The summed E-state index contributed by atoms with van der Waals surface area (Å²) in [4.78, 5) is 17.3. The zero-order valence-electron chi connectivity index (χ0n) is 20.0. The molecule has 2 aliphatic heterocycles. The maximum atomic E-state index is 13.4. The van der Waals surface area contributed by atoms with Crippen LogP contribution in [-0.2, 0) is 16.6 Å². The predicted molar refractivity (Wildman–Crippen MR) is 130 cm³/mol. The van der Waals surface area contributed by atoms with Crippen LogP contribution in [0.1, 0.15) is 41.5 Å². The van der Waals surface area contributed by atoms with Crippen molar-refractivity contribution in [2.45, 2.75) is 61.8 Å². The third kappa shape index (κ3) is 2.67. The van der Waals surface area contributed by atoms with Crippen LogP contribution in [0, 0.1) is 6.92 Å². The van der Waals surface area contributed by atoms with E-state index in [1.54, 1.807) is 17.0 Å². The lowest BCUT2D eigenvalue weighted by Crippen LogP contribution is -2.81. The highest BCUT2D eigenvalue weighted by Gasteiger charge is 2.74. The van der Waals surface area contributed by atoms with Gasteiger partial charge in [-0.05, 0) is 69.5 Å². The molecule has 1 spiro atoms. The van der Waals surface area contributed by atoms with Gasteiger partial charge in [-0.1, -0.05) is 35.9 Å². The molecule has 2 fully saturated rings. The third-order valence-electron chi connectivity index (χ3n) is 8.99. The summed E-state index contributed by atoms with van der Waals surface area (Å²) in [6.45, 7) is 2.88. The average molecular weight is 461 g/mol. The van der Waals surface area contributed by atoms with Gasteiger partial charge in [-0.25, -0.2) is 0 Å². The van der Waals surface area contributed by atoms with Gasteiger partial charge in [0.25, 0.3) is 0 Å². The largest absolute Gasteiger partial charge is 0.504 e. The molecule has 2 heterocycles. The molecular weight excluding hydrogens is 428 g/mol. The Morgan fingerprint density at radius 1 is 1.26 bits per heavy atom. The highest BCUT2D eigenvalue weighted by atomic mass is 16.5. The number of aromatic hydroxyl groups is 1. The molecule has 1 saturated heterocycles. The standard InChI is InChI=1S/C28H32N2O4/c1-17-5-4-6-18(15-17)7-12-24(32)30(3)21-10-11-23-27-13-14-29(2)22(28(21,27)33)16-19-8-9-20(31)26(34-23)25(19)27/h4-9,12,15,21-23,31,33H,10-11,13-14,16H2,1-3H3/b12-7+/t21?,22-,23?,27-,28-/m1/s1. The van der Waals surface area contributed by atoms with E-state index in [1.165, 1.54) is 0 Å². The molecule has 0 aromatic heterocycles. The number of piperidine rings is 1. The summed E-state index contributed by atoms with van der Waals surface area (Å²) in [5.74, 6) is 0.568. The highest BCUT2D eigenvalue weighted by molar-refractivity contribution is 5.92. The normalized spacial score (nSPS) is 33.5. The van der Waals surface area contributed by atoms with Crippen LogP contribution in [0.3, 0.4) is 0 Å². The van der Waals surface area contributed by atoms with Gasteiger partial charge in [-0.2, -0.15) is 0 Å². The van der Waals surface area contributed by atoms with Crippen LogP contribution in [0.25, 0.3) is 6.08 Å². The molecule has 0 radical (unpaired) electrons. The Morgan fingerprint density at radius 2 is 2.09 bits per heavy atom. The van der Waals surface area contributed by atoms with Crippen LogP contribution in [0.4, 0.5) is 0 Å². The van der Waals surface area contributed by atoms with Crippen molar-refractivity contribution in [1.29, 1.82) is 0 Å². The molecule has 2 aromatic rings. The first kappa shape index (κ1) is 21.7. The zero-order valence-corrected chi connectivity index (χ0v) is 20.0. The molecule has 2 aliphatic carbocycles. The molecule has 2 N–H and O–H groups in total. The first-order valence-electron chi connectivity index (χ1n) is 12.2. The van der Waals surface area contributed by atoms with E-state index < -0.39 is 11.0 Å². The number of phenols is 1. The van der Waals surface area contributed by atoms with Crippen molar-refractivity contribution in [2.75, 3.05) is 20.6 Å². The molecule has 6 rings (SSSR count). The summed E-state index contributed by atoms with van der Waals surface area (Å²) < 4.78 is 6.37. The molecule has 178 valence electrons. The number of ether oxygens (including phenoxy) is 1. The second kappa shape index (κ2) is 7.33. The van der Waals surface area contributed by atoms with Crippen molar-refractivity contribution < 1.29 is 19.7 Å². The molecule has 2 unspecified atom stereocenters. The van der Waals surface area contributed by atoms with Crippen molar-refractivity contribution in [3.8, 4) is 11.5 Å². The number of aliphatic hydroxyl groups is 1. The monoisotopic (exact) mass is 460 g/mol. The summed E-state index contributed by atoms with van der Waals surface area (Å²) in [6, 6.07) is 11.3. The van der Waals surface area contributed by atoms with Crippen LogP contribution in [0.15, 0.2) is 42.5 Å². The van der Waals surface area contributed by atoms with Crippen LogP contribution in [-0.4, -0.2) is 70.3 Å². The summed E-state index contributed by atoms with van der Waals surface area (Å²) in [5, 5.41) is 23.4. The topological polar surface area (TPSA) is 73.2 Å². The minimum absolute atomic E-state index is 0.114. The Labute approximate surface area is 200 Å². The first-order chi connectivity index (χ1) is 16.3. The predicted octanol–water partition coefficient (Wildman–Crippen LogP) is 3.02. The van der Waals surface area contributed by atoms with E-state index in [-0.39, 0.29) is 29.8 Å². The minimum Gasteiger partial charge on any atom is -0.504 e. The van der Waals surface area contributed by atoms with Gasteiger partial charge in [0, 0.05) is 24.7 Å². The number of hydrogen-bond donors (Lipinski definition) is 2. The van der Waals surface area contributed by atoms with E-state index in [0.717, 1.165) is 41.6 Å². The minimum atomic E-state index is -1.17. The fraction of sp³-hybridized carbons (Fsp3) is 0.464. The van der Waals surface area contributed by atoms with Gasteiger partial charge in [-0.3, -0.25) is 4.79 Å². The number of rotatable bonds is 3. The number of aryl methyl sites for hydroxylation is 1. The van der Waals surface area contributed by atoms with Gasteiger partial charge >= 0.3 is 0 Å². The third-order valence-corrected chi connectivity index (χ3v) is 8.99.